The van der Waals surface area contributed by atoms with E-state index in [-0.39, 0.29) is 6.04 Å². The average molecular weight is 208 g/mol. The number of rotatable bonds is 2. The molecule has 1 atom stereocenters. The first-order valence-corrected chi connectivity index (χ1v) is 5.13. The highest BCUT2D eigenvalue weighted by atomic mass is 35.5. The molecule has 1 nitrogen and oxygen atoms in total. The first-order valence-electron chi connectivity index (χ1n) is 4.75. The second kappa shape index (κ2) is 5.70. The van der Waals surface area contributed by atoms with Gasteiger partial charge in [0.25, 0.3) is 0 Å². The molecule has 0 bridgehead atoms. The maximum Gasteiger partial charge on any atom is 0.0668 e. The number of hydrogen-bond donors (Lipinski definition) is 1. The summed E-state index contributed by atoms with van der Waals surface area (Å²) in [7, 11) is 0. The van der Waals surface area contributed by atoms with Crippen LogP contribution in [-0.2, 0) is 0 Å². The Kier molecular flexibility index (Phi) is 4.52. The maximum absolute atomic E-state index is 5.94. The van der Waals surface area contributed by atoms with E-state index in [9.17, 15) is 0 Å². The van der Waals surface area contributed by atoms with Crippen LogP contribution in [0.25, 0.3) is 0 Å². The molecule has 74 valence electrons. The maximum atomic E-state index is 5.94. The van der Waals surface area contributed by atoms with Crippen molar-refractivity contribution in [2.45, 2.75) is 25.8 Å². The van der Waals surface area contributed by atoms with Crippen molar-refractivity contribution < 1.29 is 0 Å². The van der Waals surface area contributed by atoms with Crippen molar-refractivity contribution in [2.24, 2.45) is 5.73 Å². The van der Waals surface area contributed by atoms with Crippen molar-refractivity contribution in [3.63, 3.8) is 0 Å². The molecule has 2 N–H and O–H groups in total. The monoisotopic (exact) mass is 207 g/mol. The van der Waals surface area contributed by atoms with Crippen LogP contribution in [0, 0.1) is 11.8 Å². The summed E-state index contributed by atoms with van der Waals surface area (Å²) in [5.74, 6) is 5.97. The van der Waals surface area contributed by atoms with Gasteiger partial charge in [0, 0.05) is 5.56 Å². The van der Waals surface area contributed by atoms with E-state index in [2.05, 4.69) is 18.8 Å². The molecule has 0 amide bonds. The number of nitrogens with two attached hydrogens (primary N) is 1. The summed E-state index contributed by atoms with van der Waals surface area (Å²) < 4.78 is 0. The lowest BCUT2D eigenvalue weighted by atomic mass is 10.1. The minimum Gasteiger partial charge on any atom is -0.318 e. The molecule has 1 unspecified atom stereocenters. The number of halogens is 1. The van der Waals surface area contributed by atoms with Gasteiger partial charge in [-0.3, -0.25) is 0 Å². The molecule has 0 aliphatic heterocycles. The minimum absolute atomic E-state index is 0.0451. The molecule has 0 aliphatic carbocycles. The smallest absolute Gasteiger partial charge is 0.0668 e. The van der Waals surface area contributed by atoms with E-state index in [0.29, 0.717) is 5.02 Å². The Balaban J connectivity index is 2.72. The van der Waals surface area contributed by atoms with Crippen LogP contribution in [0.4, 0.5) is 0 Å². The fourth-order valence-electron chi connectivity index (χ4n) is 1.12. The molecular weight excluding hydrogens is 194 g/mol. The molecule has 0 heterocycles. The zero-order valence-corrected chi connectivity index (χ0v) is 9.01. The van der Waals surface area contributed by atoms with E-state index < -0.39 is 0 Å². The summed E-state index contributed by atoms with van der Waals surface area (Å²) in [5, 5.41) is 0.684. The standard InChI is InChI=1S/C12H14ClN/c1-2-5-11(14)9-8-10-6-3-4-7-12(10)13/h3-4,6-7,11H,2,5,14H2,1H3. The van der Waals surface area contributed by atoms with Crippen molar-refractivity contribution >= 4 is 11.6 Å². The molecule has 2 heteroatoms. The number of hydrogen-bond acceptors (Lipinski definition) is 1. The zero-order valence-electron chi connectivity index (χ0n) is 8.26. The first-order chi connectivity index (χ1) is 6.74. The van der Waals surface area contributed by atoms with Crippen LogP contribution < -0.4 is 5.73 Å². The van der Waals surface area contributed by atoms with Crippen molar-refractivity contribution in [3.05, 3.63) is 34.9 Å². The third-order valence-corrected chi connectivity index (χ3v) is 2.20. The van der Waals surface area contributed by atoms with Gasteiger partial charge < -0.3 is 5.73 Å². The summed E-state index contributed by atoms with van der Waals surface area (Å²) in [5.41, 5.74) is 6.61. The van der Waals surface area contributed by atoms with Gasteiger partial charge in [0.05, 0.1) is 11.1 Å². The largest absolute Gasteiger partial charge is 0.318 e. The van der Waals surface area contributed by atoms with Gasteiger partial charge in [0.15, 0.2) is 0 Å². The highest BCUT2D eigenvalue weighted by molar-refractivity contribution is 6.31. The summed E-state index contributed by atoms with van der Waals surface area (Å²) in [4.78, 5) is 0. The lowest BCUT2D eigenvalue weighted by Gasteiger charge is -1.99. The van der Waals surface area contributed by atoms with Gasteiger partial charge in [0.2, 0.25) is 0 Å². The third kappa shape index (κ3) is 3.41. The first kappa shape index (κ1) is 11.1. The molecule has 0 spiro atoms. The predicted octanol–water partition coefficient (Wildman–Crippen LogP) is 2.82. The van der Waals surface area contributed by atoms with E-state index in [0.717, 1.165) is 18.4 Å². The summed E-state index contributed by atoms with van der Waals surface area (Å²) in [6.45, 7) is 2.09. The van der Waals surface area contributed by atoms with Crippen LogP contribution in [0.3, 0.4) is 0 Å². The molecule has 1 aromatic rings. The van der Waals surface area contributed by atoms with E-state index in [4.69, 9.17) is 17.3 Å². The Morgan fingerprint density at radius 3 is 2.79 bits per heavy atom. The van der Waals surface area contributed by atoms with Crippen LogP contribution in [-0.4, -0.2) is 6.04 Å². The van der Waals surface area contributed by atoms with E-state index in [1.807, 2.05) is 24.3 Å². The molecular formula is C12H14ClN. The Labute approximate surface area is 90.3 Å². The Morgan fingerprint density at radius 2 is 2.14 bits per heavy atom. The van der Waals surface area contributed by atoms with Gasteiger partial charge in [-0.1, -0.05) is 48.9 Å². The van der Waals surface area contributed by atoms with Crippen LogP contribution >= 0.6 is 11.6 Å². The van der Waals surface area contributed by atoms with Gasteiger partial charge >= 0.3 is 0 Å². The normalized spacial score (nSPS) is 11.6. The van der Waals surface area contributed by atoms with E-state index in [1.165, 1.54) is 0 Å². The fourth-order valence-corrected chi connectivity index (χ4v) is 1.30. The Hall–Kier alpha value is -0.970. The molecule has 1 rings (SSSR count). The van der Waals surface area contributed by atoms with Gasteiger partial charge in [-0.25, -0.2) is 0 Å². The van der Waals surface area contributed by atoms with Crippen LogP contribution in [0.2, 0.25) is 5.02 Å². The molecule has 0 aliphatic rings. The summed E-state index contributed by atoms with van der Waals surface area (Å²) in [6, 6.07) is 7.49. The molecule has 0 aromatic heterocycles. The highest BCUT2D eigenvalue weighted by Crippen LogP contribution is 2.13. The quantitative estimate of drug-likeness (QED) is 0.742. The van der Waals surface area contributed by atoms with Crippen LogP contribution in [0.15, 0.2) is 24.3 Å². The molecule has 0 fully saturated rings. The Morgan fingerprint density at radius 1 is 1.43 bits per heavy atom. The number of benzene rings is 1. The predicted molar refractivity (Wildman–Crippen MR) is 61.2 cm³/mol. The van der Waals surface area contributed by atoms with Gasteiger partial charge in [-0.15, -0.1) is 0 Å². The van der Waals surface area contributed by atoms with Gasteiger partial charge in [0.1, 0.15) is 0 Å². The zero-order chi connectivity index (χ0) is 10.4. The highest BCUT2D eigenvalue weighted by Gasteiger charge is 1.95. The van der Waals surface area contributed by atoms with E-state index >= 15 is 0 Å². The molecule has 0 saturated heterocycles. The topological polar surface area (TPSA) is 26.0 Å². The molecule has 14 heavy (non-hydrogen) atoms. The lowest BCUT2D eigenvalue weighted by molar-refractivity contribution is 0.720. The lowest BCUT2D eigenvalue weighted by Crippen LogP contribution is -2.16. The van der Waals surface area contributed by atoms with Crippen molar-refractivity contribution in [2.75, 3.05) is 0 Å². The average Bonchev–Trinajstić information content (AvgIpc) is 2.17. The van der Waals surface area contributed by atoms with Gasteiger partial charge in [-0.05, 0) is 18.6 Å². The summed E-state index contributed by atoms with van der Waals surface area (Å²) in [6.07, 6.45) is 1.98. The Bertz CT molecular complexity index is 349. The van der Waals surface area contributed by atoms with E-state index in [1.54, 1.807) is 0 Å². The second-order valence-electron chi connectivity index (χ2n) is 3.14. The third-order valence-electron chi connectivity index (χ3n) is 1.87. The van der Waals surface area contributed by atoms with Gasteiger partial charge in [-0.2, -0.15) is 0 Å². The van der Waals surface area contributed by atoms with Crippen LogP contribution in [0.5, 0.6) is 0 Å². The molecule has 1 aromatic carbocycles. The van der Waals surface area contributed by atoms with Crippen molar-refractivity contribution in [1.29, 1.82) is 0 Å². The fraction of sp³-hybridized carbons (Fsp3) is 0.333. The minimum atomic E-state index is -0.0451. The summed E-state index contributed by atoms with van der Waals surface area (Å²) >= 11 is 5.94. The SMILES string of the molecule is CCCC(N)C#Cc1ccccc1Cl. The van der Waals surface area contributed by atoms with Crippen molar-refractivity contribution in [1.82, 2.24) is 0 Å². The molecule has 0 saturated carbocycles. The molecule has 0 radical (unpaired) electrons. The van der Waals surface area contributed by atoms with Crippen molar-refractivity contribution in [3.8, 4) is 11.8 Å². The second-order valence-corrected chi connectivity index (χ2v) is 3.55. The van der Waals surface area contributed by atoms with Crippen LogP contribution in [0.1, 0.15) is 25.3 Å².